The maximum absolute atomic E-state index is 15.3. The van der Waals surface area contributed by atoms with E-state index in [0.717, 1.165) is 65.8 Å². The second-order valence-corrected chi connectivity index (χ2v) is 9.18. The second kappa shape index (κ2) is 7.63. The van der Waals surface area contributed by atoms with Crippen LogP contribution >= 0.6 is 11.8 Å². The van der Waals surface area contributed by atoms with E-state index < -0.39 is 0 Å². The van der Waals surface area contributed by atoms with Crippen LogP contribution in [0.2, 0.25) is 0 Å². The third-order valence-electron chi connectivity index (χ3n) is 6.43. The summed E-state index contributed by atoms with van der Waals surface area (Å²) in [5.41, 5.74) is 3.89. The van der Waals surface area contributed by atoms with Gasteiger partial charge in [0.25, 0.3) is 0 Å². The lowest BCUT2D eigenvalue weighted by atomic mass is 9.91. The fraction of sp³-hybridized carbons (Fsp3) is 0.478. The summed E-state index contributed by atoms with van der Waals surface area (Å²) in [6, 6.07) is 10.1. The van der Waals surface area contributed by atoms with Gasteiger partial charge in [-0.1, -0.05) is 24.8 Å². The first kappa shape index (κ1) is 18.9. The summed E-state index contributed by atoms with van der Waals surface area (Å²) in [5.74, 6) is 0.939. The van der Waals surface area contributed by atoms with Crippen molar-refractivity contribution in [2.24, 2.45) is 4.99 Å². The number of amidine groups is 1. The highest BCUT2D eigenvalue weighted by molar-refractivity contribution is 8.14. The summed E-state index contributed by atoms with van der Waals surface area (Å²) in [6.07, 6.45) is 5.17. The molecule has 0 bridgehead atoms. The Hall–Kier alpha value is -2.08. The van der Waals surface area contributed by atoms with Crippen LogP contribution < -0.4 is 4.90 Å². The average Bonchev–Trinajstić information content (AvgIpc) is 3.47. The molecule has 3 aliphatic heterocycles. The highest BCUT2D eigenvalue weighted by atomic mass is 32.2. The molecular weight excluding hydrogens is 383 g/mol. The van der Waals surface area contributed by atoms with Crippen LogP contribution in [0.1, 0.15) is 55.1 Å². The largest absolute Gasteiger partial charge is 0.369 e. The zero-order valence-electron chi connectivity index (χ0n) is 17.0. The molecule has 0 N–H and O–H groups in total. The molecule has 0 radical (unpaired) electrons. The Balaban J connectivity index is 1.59. The van der Waals surface area contributed by atoms with Crippen molar-refractivity contribution < 1.29 is 4.39 Å². The molecule has 0 saturated carbocycles. The quantitative estimate of drug-likeness (QED) is 0.701. The molecule has 5 rings (SSSR count). The zero-order chi connectivity index (χ0) is 20.0. The molecule has 152 valence electrons. The molecule has 29 heavy (non-hydrogen) atoms. The van der Waals surface area contributed by atoms with Crippen molar-refractivity contribution in [2.45, 2.75) is 51.2 Å². The van der Waals surface area contributed by atoms with Gasteiger partial charge in [-0.3, -0.25) is 9.98 Å². The summed E-state index contributed by atoms with van der Waals surface area (Å²) < 4.78 is 15.3. The summed E-state index contributed by atoms with van der Waals surface area (Å²) in [5, 5.41) is 1.08. The van der Waals surface area contributed by atoms with Crippen molar-refractivity contribution in [3.63, 3.8) is 0 Å². The Morgan fingerprint density at radius 3 is 2.76 bits per heavy atom. The topological polar surface area (TPSA) is 31.7 Å². The summed E-state index contributed by atoms with van der Waals surface area (Å²) >= 11 is 1.82. The van der Waals surface area contributed by atoms with E-state index in [9.17, 15) is 0 Å². The molecular formula is C23H27FN4S. The monoisotopic (exact) mass is 410 g/mol. The molecule has 3 atom stereocenters. The summed E-state index contributed by atoms with van der Waals surface area (Å²) in [6.45, 7) is 6.24. The van der Waals surface area contributed by atoms with Gasteiger partial charge < -0.3 is 9.80 Å². The maximum atomic E-state index is 15.3. The smallest absolute Gasteiger partial charge is 0.160 e. The fourth-order valence-corrected chi connectivity index (χ4v) is 6.23. The summed E-state index contributed by atoms with van der Waals surface area (Å²) in [7, 11) is 0. The molecule has 4 heterocycles. The van der Waals surface area contributed by atoms with Crippen molar-refractivity contribution in [2.75, 3.05) is 23.7 Å². The van der Waals surface area contributed by atoms with E-state index in [1.54, 1.807) is 6.07 Å². The van der Waals surface area contributed by atoms with E-state index in [2.05, 4.69) is 28.6 Å². The molecule has 0 aliphatic carbocycles. The Bertz CT molecular complexity index is 926. The lowest BCUT2D eigenvalue weighted by molar-refractivity contribution is 0.254. The van der Waals surface area contributed by atoms with E-state index in [1.807, 2.05) is 42.2 Å². The van der Waals surface area contributed by atoms with E-state index in [0.29, 0.717) is 6.04 Å². The van der Waals surface area contributed by atoms with Crippen LogP contribution in [0.4, 0.5) is 10.1 Å². The van der Waals surface area contributed by atoms with Gasteiger partial charge in [0.05, 0.1) is 17.4 Å². The predicted octanol–water partition coefficient (Wildman–Crippen LogP) is 5.11. The number of thioether (sulfide) groups is 1. The third-order valence-corrected chi connectivity index (χ3v) is 7.56. The lowest BCUT2D eigenvalue weighted by Crippen LogP contribution is -2.35. The van der Waals surface area contributed by atoms with Gasteiger partial charge in [0.1, 0.15) is 11.9 Å². The van der Waals surface area contributed by atoms with Crippen molar-refractivity contribution >= 4 is 22.6 Å². The minimum atomic E-state index is -0.111. The number of fused-ring (bicyclic) bond motifs is 1. The molecule has 2 aromatic rings. The number of rotatable bonds is 4. The number of benzene rings is 1. The number of halogens is 1. The van der Waals surface area contributed by atoms with Crippen LogP contribution in [0.3, 0.4) is 0 Å². The molecule has 1 aromatic carbocycles. The normalized spacial score (nSPS) is 26.2. The Morgan fingerprint density at radius 1 is 1.21 bits per heavy atom. The van der Waals surface area contributed by atoms with Crippen LogP contribution in [-0.2, 0) is 0 Å². The van der Waals surface area contributed by atoms with Crippen molar-refractivity contribution in [1.82, 2.24) is 9.88 Å². The van der Waals surface area contributed by atoms with Crippen molar-refractivity contribution in [3.05, 3.63) is 59.2 Å². The molecule has 3 aliphatic rings. The van der Waals surface area contributed by atoms with E-state index in [-0.39, 0.29) is 17.9 Å². The van der Waals surface area contributed by atoms with Gasteiger partial charge in [0.15, 0.2) is 5.17 Å². The fourth-order valence-electron chi connectivity index (χ4n) is 4.89. The maximum Gasteiger partial charge on any atom is 0.160 e. The number of nitrogens with zero attached hydrogens (tertiary/aromatic N) is 4. The first-order valence-corrected chi connectivity index (χ1v) is 11.6. The lowest BCUT2D eigenvalue weighted by Gasteiger charge is -2.33. The van der Waals surface area contributed by atoms with Gasteiger partial charge in [0, 0.05) is 31.1 Å². The van der Waals surface area contributed by atoms with Gasteiger partial charge in [-0.25, -0.2) is 4.39 Å². The van der Waals surface area contributed by atoms with Crippen LogP contribution in [0, 0.1) is 12.7 Å². The number of hydrogen-bond acceptors (Lipinski definition) is 5. The zero-order valence-corrected chi connectivity index (χ0v) is 17.8. The third kappa shape index (κ3) is 3.21. The van der Waals surface area contributed by atoms with Crippen LogP contribution in [0.15, 0.2) is 41.5 Å². The molecule has 1 aromatic heterocycles. The molecule has 6 heteroatoms. The predicted molar refractivity (Wildman–Crippen MR) is 118 cm³/mol. The Morgan fingerprint density at radius 2 is 2.03 bits per heavy atom. The van der Waals surface area contributed by atoms with Gasteiger partial charge in [-0.05, 0) is 61.6 Å². The second-order valence-electron chi connectivity index (χ2n) is 8.19. The molecule has 2 saturated heterocycles. The van der Waals surface area contributed by atoms with E-state index in [1.165, 1.54) is 0 Å². The minimum absolute atomic E-state index is 0.00183. The first-order chi connectivity index (χ1) is 14.2. The molecule has 4 nitrogen and oxygen atoms in total. The van der Waals surface area contributed by atoms with Crippen molar-refractivity contribution in [3.8, 4) is 0 Å². The number of pyridine rings is 1. The number of aromatic nitrogens is 1. The van der Waals surface area contributed by atoms with E-state index >= 15 is 4.39 Å². The number of aliphatic imine (C=N–C) groups is 1. The summed E-state index contributed by atoms with van der Waals surface area (Å²) in [4.78, 5) is 14.3. The van der Waals surface area contributed by atoms with Crippen LogP contribution in [0.25, 0.3) is 0 Å². The number of hydrogen-bond donors (Lipinski definition) is 0. The Labute approximate surface area is 176 Å². The Kier molecular flexibility index (Phi) is 4.98. The molecule has 0 amide bonds. The standard InChI is InChI=1S/C23H27FN4S/c1-3-16-14-29-23-26-21(19-8-4-5-9-25-19)22(28(16)23)17-13-18(24)20(12-15(17)2)27-10-6-7-11-27/h4-5,8-9,12-13,16,21-22H,3,6-7,10-11,14H2,1-2H3/t16-,21+,22+/m1/s1. The van der Waals surface area contributed by atoms with Gasteiger partial charge in [-0.2, -0.15) is 0 Å². The van der Waals surface area contributed by atoms with Gasteiger partial charge in [-0.15, -0.1) is 0 Å². The SMILES string of the molecule is CC[C@@H]1CSC2=N[C@@H](c3ccccn3)[C@H](c3cc(F)c(N4CCCC4)cc3C)N21. The van der Waals surface area contributed by atoms with Crippen LogP contribution in [-0.4, -0.2) is 39.9 Å². The number of aryl methyl sites for hydroxylation is 1. The molecule has 2 fully saturated rings. The van der Waals surface area contributed by atoms with Gasteiger partial charge >= 0.3 is 0 Å². The highest BCUT2D eigenvalue weighted by Crippen LogP contribution is 2.49. The highest BCUT2D eigenvalue weighted by Gasteiger charge is 2.46. The van der Waals surface area contributed by atoms with Gasteiger partial charge in [0.2, 0.25) is 0 Å². The van der Waals surface area contributed by atoms with Crippen LogP contribution in [0.5, 0.6) is 0 Å². The minimum Gasteiger partial charge on any atom is -0.369 e. The van der Waals surface area contributed by atoms with E-state index in [4.69, 9.17) is 4.99 Å². The van der Waals surface area contributed by atoms with Crippen molar-refractivity contribution in [1.29, 1.82) is 0 Å². The number of anilines is 1. The molecule has 0 unspecified atom stereocenters. The first-order valence-electron chi connectivity index (χ1n) is 10.6. The average molecular weight is 411 g/mol. The molecule has 0 spiro atoms.